The molecule has 2 aliphatic rings. The van der Waals surface area contributed by atoms with Gasteiger partial charge in [-0.2, -0.15) is 0 Å². The van der Waals surface area contributed by atoms with Crippen molar-refractivity contribution >= 4 is 11.5 Å². The van der Waals surface area contributed by atoms with Gasteiger partial charge < -0.3 is 4.90 Å². The fourth-order valence-electron chi connectivity index (χ4n) is 5.05. The number of ketones is 1. The highest BCUT2D eigenvalue weighted by molar-refractivity contribution is 6.12. The molecule has 0 saturated heterocycles. The predicted molar refractivity (Wildman–Crippen MR) is 113 cm³/mol. The summed E-state index contributed by atoms with van der Waals surface area (Å²) in [4.78, 5) is 16.0. The van der Waals surface area contributed by atoms with Gasteiger partial charge in [-0.05, 0) is 37.8 Å². The second kappa shape index (κ2) is 8.73. The van der Waals surface area contributed by atoms with E-state index in [1.165, 1.54) is 69.9 Å². The highest BCUT2D eigenvalue weighted by Gasteiger charge is 2.31. The van der Waals surface area contributed by atoms with Crippen LogP contribution in [0.4, 0.5) is 5.69 Å². The van der Waals surface area contributed by atoms with Crippen LogP contribution in [0.15, 0.2) is 54.6 Å². The highest BCUT2D eigenvalue weighted by Crippen LogP contribution is 2.36. The van der Waals surface area contributed by atoms with E-state index in [1.807, 2.05) is 42.5 Å². The van der Waals surface area contributed by atoms with Crippen LogP contribution in [0, 0.1) is 0 Å². The van der Waals surface area contributed by atoms with Crippen LogP contribution in [0.3, 0.4) is 0 Å². The third-order valence-corrected chi connectivity index (χ3v) is 6.40. The van der Waals surface area contributed by atoms with E-state index in [9.17, 15) is 4.79 Å². The average Bonchev–Trinajstić information content (AvgIpc) is 2.76. The first-order valence-electron chi connectivity index (χ1n) is 10.8. The lowest BCUT2D eigenvalue weighted by molar-refractivity contribution is 0.103. The average molecular weight is 362 g/mol. The topological polar surface area (TPSA) is 20.3 Å². The van der Waals surface area contributed by atoms with Crippen LogP contribution in [0.5, 0.6) is 0 Å². The Kier molecular flexibility index (Phi) is 5.91. The van der Waals surface area contributed by atoms with Gasteiger partial charge in [0.15, 0.2) is 5.78 Å². The van der Waals surface area contributed by atoms with Gasteiger partial charge in [0.1, 0.15) is 0 Å². The Bertz CT molecular complexity index is 724. The summed E-state index contributed by atoms with van der Waals surface area (Å²) in [6, 6.07) is 19.3. The number of benzene rings is 2. The zero-order valence-corrected chi connectivity index (χ0v) is 16.3. The maximum atomic E-state index is 13.3. The van der Waals surface area contributed by atoms with E-state index in [2.05, 4.69) is 17.0 Å². The van der Waals surface area contributed by atoms with Gasteiger partial charge in [-0.1, -0.05) is 81.0 Å². The van der Waals surface area contributed by atoms with E-state index in [1.54, 1.807) is 0 Å². The summed E-state index contributed by atoms with van der Waals surface area (Å²) in [5.74, 6) is 0.155. The molecule has 4 rings (SSSR count). The molecule has 2 nitrogen and oxygen atoms in total. The van der Waals surface area contributed by atoms with Gasteiger partial charge in [0, 0.05) is 28.9 Å². The van der Waals surface area contributed by atoms with Crippen LogP contribution in [-0.2, 0) is 0 Å². The van der Waals surface area contributed by atoms with Gasteiger partial charge in [0.2, 0.25) is 0 Å². The lowest BCUT2D eigenvalue weighted by atomic mass is 9.87. The lowest BCUT2D eigenvalue weighted by Gasteiger charge is -2.44. The predicted octanol–water partition coefficient (Wildman–Crippen LogP) is 6.39. The Balaban J connectivity index is 1.72. The molecule has 0 N–H and O–H groups in total. The SMILES string of the molecule is O=C(c1ccccc1)c1ccccc1N(C1CCCCC1)C1CCCCC1. The van der Waals surface area contributed by atoms with E-state index in [0.717, 1.165) is 11.1 Å². The van der Waals surface area contributed by atoms with Crippen molar-refractivity contribution in [2.24, 2.45) is 0 Å². The molecule has 2 aromatic carbocycles. The van der Waals surface area contributed by atoms with E-state index >= 15 is 0 Å². The Morgan fingerprint density at radius 3 is 1.78 bits per heavy atom. The summed E-state index contributed by atoms with van der Waals surface area (Å²) in [6.07, 6.45) is 13.1. The minimum absolute atomic E-state index is 0.155. The summed E-state index contributed by atoms with van der Waals surface area (Å²) in [7, 11) is 0. The molecule has 0 amide bonds. The number of hydrogen-bond acceptors (Lipinski definition) is 2. The second-order valence-corrected chi connectivity index (χ2v) is 8.20. The monoisotopic (exact) mass is 361 g/mol. The Hall–Kier alpha value is -2.09. The van der Waals surface area contributed by atoms with Crippen molar-refractivity contribution in [1.29, 1.82) is 0 Å². The molecule has 0 heterocycles. The minimum atomic E-state index is 0.155. The number of carbonyl (C=O) groups excluding carboxylic acids is 1. The van der Waals surface area contributed by atoms with E-state index < -0.39 is 0 Å². The molecule has 0 atom stereocenters. The van der Waals surface area contributed by atoms with Crippen LogP contribution in [0.2, 0.25) is 0 Å². The molecule has 2 fully saturated rings. The maximum absolute atomic E-state index is 13.3. The van der Waals surface area contributed by atoms with Gasteiger partial charge in [0.25, 0.3) is 0 Å². The Morgan fingerprint density at radius 2 is 1.19 bits per heavy atom. The number of rotatable bonds is 5. The Labute approximate surface area is 163 Å². The van der Waals surface area contributed by atoms with Crippen molar-refractivity contribution < 1.29 is 4.79 Å². The molecule has 2 aromatic rings. The molecular formula is C25H31NO. The van der Waals surface area contributed by atoms with Crippen molar-refractivity contribution in [3.05, 3.63) is 65.7 Å². The van der Waals surface area contributed by atoms with E-state index in [0.29, 0.717) is 12.1 Å². The van der Waals surface area contributed by atoms with Crippen LogP contribution < -0.4 is 4.90 Å². The van der Waals surface area contributed by atoms with Gasteiger partial charge in [-0.25, -0.2) is 0 Å². The number of nitrogens with zero attached hydrogens (tertiary/aromatic N) is 1. The molecule has 27 heavy (non-hydrogen) atoms. The molecule has 0 spiro atoms. The van der Waals surface area contributed by atoms with Gasteiger partial charge >= 0.3 is 0 Å². The quantitative estimate of drug-likeness (QED) is 0.575. The van der Waals surface area contributed by atoms with Crippen LogP contribution in [0.1, 0.15) is 80.1 Å². The fraction of sp³-hybridized carbons (Fsp3) is 0.480. The highest BCUT2D eigenvalue weighted by atomic mass is 16.1. The molecule has 0 radical (unpaired) electrons. The molecule has 0 unspecified atom stereocenters. The molecule has 0 aliphatic heterocycles. The van der Waals surface area contributed by atoms with Gasteiger partial charge in [0.05, 0.1) is 0 Å². The molecule has 0 aromatic heterocycles. The summed E-state index contributed by atoms with van der Waals surface area (Å²) in [5.41, 5.74) is 2.84. The molecule has 2 aliphatic carbocycles. The zero-order valence-electron chi connectivity index (χ0n) is 16.3. The normalized spacial score (nSPS) is 19.0. The third-order valence-electron chi connectivity index (χ3n) is 6.40. The Morgan fingerprint density at radius 1 is 0.667 bits per heavy atom. The lowest BCUT2D eigenvalue weighted by Crippen LogP contribution is -2.46. The largest absolute Gasteiger partial charge is 0.365 e. The molecule has 0 bridgehead atoms. The summed E-state index contributed by atoms with van der Waals surface area (Å²) < 4.78 is 0. The standard InChI is InChI=1S/C25H31NO/c27-25(20-12-4-1-5-13-20)23-18-10-11-19-24(23)26(21-14-6-2-7-15-21)22-16-8-3-9-17-22/h1,4-5,10-13,18-19,21-22H,2-3,6-9,14-17H2. The summed E-state index contributed by atoms with van der Waals surface area (Å²) in [6.45, 7) is 0. The van der Waals surface area contributed by atoms with Crippen LogP contribution >= 0.6 is 0 Å². The number of hydrogen-bond donors (Lipinski definition) is 0. The zero-order chi connectivity index (χ0) is 18.5. The van der Waals surface area contributed by atoms with Gasteiger partial charge in [-0.15, -0.1) is 0 Å². The minimum Gasteiger partial charge on any atom is -0.365 e. The van der Waals surface area contributed by atoms with Crippen molar-refractivity contribution in [2.75, 3.05) is 4.90 Å². The number of carbonyl (C=O) groups is 1. The molecule has 2 saturated carbocycles. The number of anilines is 1. The summed E-state index contributed by atoms with van der Waals surface area (Å²) in [5, 5.41) is 0. The first-order valence-corrected chi connectivity index (χ1v) is 10.8. The third kappa shape index (κ3) is 4.10. The molecular weight excluding hydrogens is 330 g/mol. The fourth-order valence-corrected chi connectivity index (χ4v) is 5.05. The van der Waals surface area contributed by atoms with Crippen molar-refractivity contribution in [1.82, 2.24) is 0 Å². The second-order valence-electron chi connectivity index (χ2n) is 8.20. The molecule has 142 valence electrons. The van der Waals surface area contributed by atoms with Crippen molar-refractivity contribution in [2.45, 2.75) is 76.3 Å². The van der Waals surface area contributed by atoms with Crippen LogP contribution in [0.25, 0.3) is 0 Å². The smallest absolute Gasteiger partial charge is 0.195 e. The summed E-state index contributed by atoms with van der Waals surface area (Å²) >= 11 is 0. The van der Waals surface area contributed by atoms with Crippen molar-refractivity contribution in [3.63, 3.8) is 0 Å². The number of para-hydroxylation sites is 1. The molecule has 2 heteroatoms. The van der Waals surface area contributed by atoms with Crippen molar-refractivity contribution in [3.8, 4) is 0 Å². The maximum Gasteiger partial charge on any atom is 0.195 e. The first kappa shape index (κ1) is 18.3. The van der Waals surface area contributed by atoms with E-state index in [4.69, 9.17) is 0 Å². The van der Waals surface area contributed by atoms with E-state index in [-0.39, 0.29) is 5.78 Å². The first-order chi connectivity index (χ1) is 13.3. The van der Waals surface area contributed by atoms with Crippen LogP contribution in [-0.4, -0.2) is 17.9 Å². The van der Waals surface area contributed by atoms with Gasteiger partial charge in [-0.3, -0.25) is 4.79 Å².